The van der Waals surface area contributed by atoms with Gasteiger partial charge >= 0.3 is 6.18 Å². The van der Waals surface area contributed by atoms with E-state index in [0.29, 0.717) is 5.92 Å². The van der Waals surface area contributed by atoms with Crippen LogP contribution in [0.15, 0.2) is 43.0 Å². The number of aromatic nitrogens is 2. The molecule has 2 aromatic rings. The van der Waals surface area contributed by atoms with Gasteiger partial charge in [0, 0.05) is 25.5 Å². The summed E-state index contributed by atoms with van der Waals surface area (Å²) in [5.74, 6) is 0.646. The standard InChI is InChI=1S/C17H20F3N3/c18-17(19,20)16-3-1-14(2-4-16)11-22-8-5-15(6-9-22)12-23-10-7-21-13-23/h1-4,7,10,13,15H,5-6,8-9,11-12H2. The maximum atomic E-state index is 12.6. The lowest BCUT2D eigenvalue weighted by Gasteiger charge is -2.32. The van der Waals surface area contributed by atoms with Crippen molar-refractivity contribution in [2.24, 2.45) is 5.92 Å². The Morgan fingerprint density at radius 3 is 2.35 bits per heavy atom. The summed E-state index contributed by atoms with van der Waals surface area (Å²) in [4.78, 5) is 6.37. The third kappa shape index (κ3) is 4.34. The highest BCUT2D eigenvalue weighted by Gasteiger charge is 2.30. The third-order valence-corrected chi connectivity index (χ3v) is 4.42. The molecular formula is C17H20F3N3. The van der Waals surface area contributed by atoms with Gasteiger partial charge in [-0.3, -0.25) is 4.90 Å². The fourth-order valence-corrected chi connectivity index (χ4v) is 3.08. The van der Waals surface area contributed by atoms with Crippen LogP contribution in [0.1, 0.15) is 24.0 Å². The average Bonchev–Trinajstić information content (AvgIpc) is 3.02. The van der Waals surface area contributed by atoms with Crippen molar-refractivity contribution >= 4 is 0 Å². The summed E-state index contributed by atoms with van der Waals surface area (Å²) in [5, 5.41) is 0. The van der Waals surface area contributed by atoms with Gasteiger partial charge in [-0.25, -0.2) is 4.98 Å². The van der Waals surface area contributed by atoms with Crippen molar-refractivity contribution in [1.29, 1.82) is 0 Å². The van der Waals surface area contributed by atoms with E-state index in [4.69, 9.17) is 0 Å². The molecule has 0 N–H and O–H groups in total. The summed E-state index contributed by atoms with van der Waals surface area (Å²) < 4.78 is 39.8. The quantitative estimate of drug-likeness (QED) is 0.853. The Balaban J connectivity index is 1.48. The highest BCUT2D eigenvalue weighted by Crippen LogP contribution is 2.29. The highest BCUT2D eigenvalue weighted by atomic mass is 19.4. The lowest BCUT2D eigenvalue weighted by atomic mass is 9.96. The number of halogens is 3. The molecule has 0 aliphatic carbocycles. The molecule has 0 atom stereocenters. The first-order valence-corrected chi connectivity index (χ1v) is 7.85. The van der Waals surface area contributed by atoms with Gasteiger partial charge < -0.3 is 4.57 Å². The van der Waals surface area contributed by atoms with Crippen LogP contribution in [0, 0.1) is 5.92 Å². The highest BCUT2D eigenvalue weighted by molar-refractivity contribution is 5.24. The first kappa shape index (κ1) is 16.1. The number of benzene rings is 1. The number of hydrogen-bond acceptors (Lipinski definition) is 2. The monoisotopic (exact) mass is 323 g/mol. The molecule has 1 saturated heterocycles. The third-order valence-electron chi connectivity index (χ3n) is 4.42. The summed E-state index contributed by atoms with van der Waals surface area (Å²) in [6, 6.07) is 5.50. The molecule has 0 radical (unpaired) electrons. The van der Waals surface area contributed by atoms with Crippen LogP contribution < -0.4 is 0 Å². The van der Waals surface area contributed by atoms with Crippen molar-refractivity contribution in [3.8, 4) is 0 Å². The fourth-order valence-electron chi connectivity index (χ4n) is 3.08. The smallest absolute Gasteiger partial charge is 0.337 e. The van der Waals surface area contributed by atoms with E-state index >= 15 is 0 Å². The second-order valence-corrected chi connectivity index (χ2v) is 6.17. The fraction of sp³-hybridized carbons (Fsp3) is 0.471. The van der Waals surface area contributed by atoms with E-state index in [0.717, 1.165) is 44.6 Å². The van der Waals surface area contributed by atoms with Gasteiger partial charge in [0.15, 0.2) is 0 Å². The number of piperidine rings is 1. The molecule has 0 saturated carbocycles. The maximum Gasteiger partial charge on any atom is 0.416 e. The molecule has 3 nitrogen and oxygen atoms in total. The molecule has 124 valence electrons. The Morgan fingerprint density at radius 2 is 1.78 bits per heavy atom. The van der Waals surface area contributed by atoms with Crippen LogP contribution in [-0.2, 0) is 19.3 Å². The lowest BCUT2D eigenvalue weighted by Crippen LogP contribution is -2.34. The maximum absolute atomic E-state index is 12.6. The molecule has 6 heteroatoms. The van der Waals surface area contributed by atoms with Crippen molar-refractivity contribution in [2.75, 3.05) is 13.1 Å². The van der Waals surface area contributed by atoms with E-state index in [-0.39, 0.29) is 0 Å². The van der Waals surface area contributed by atoms with Crippen LogP contribution in [0.5, 0.6) is 0 Å². The van der Waals surface area contributed by atoms with Crippen LogP contribution in [0.25, 0.3) is 0 Å². The minimum atomic E-state index is -4.26. The molecule has 2 heterocycles. The van der Waals surface area contributed by atoms with Crippen LogP contribution in [-0.4, -0.2) is 27.5 Å². The first-order chi connectivity index (χ1) is 11.0. The van der Waals surface area contributed by atoms with E-state index in [1.54, 1.807) is 18.3 Å². The molecule has 1 aliphatic heterocycles. The number of likely N-dealkylation sites (tertiary alicyclic amines) is 1. The van der Waals surface area contributed by atoms with Gasteiger partial charge in [-0.05, 0) is 49.5 Å². The Bertz CT molecular complexity index is 597. The van der Waals surface area contributed by atoms with Gasteiger partial charge in [0.25, 0.3) is 0 Å². The Kier molecular flexibility index (Phi) is 4.71. The summed E-state index contributed by atoms with van der Waals surface area (Å²) >= 11 is 0. The van der Waals surface area contributed by atoms with Gasteiger partial charge in [-0.1, -0.05) is 12.1 Å². The van der Waals surface area contributed by atoms with E-state index in [1.165, 1.54) is 12.1 Å². The van der Waals surface area contributed by atoms with Crippen molar-refractivity contribution < 1.29 is 13.2 Å². The lowest BCUT2D eigenvalue weighted by molar-refractivity contribution is -0.137. The second kappa shape index (κ2) is 6.74. The van der Waals surface area contributed by atoms with Gasteiger partial charge in [0.2, 0.25) is 0 Å². The summed E-state index contributed by atoms with van der Waals surface area (Å²) in [7, 11) is 0. The minimum absolute atomic E-state index is 0.583. The molecule has 1 aliphatic rings. The van der Waals surface area contributed by atoms with Crippen molar-refractivity contribution in [3.63, 3.8) is 0 Å². The summed E-state index contributed by atoms with van der Waals surface area (Å²) in [5.41, 5.74) is 0.353. The molecule has 0 bridgehead atoms. The van der Waals surface area contributed by atoms with Gasteiger partial charge in [-0.15, -0.1) is 0 Å². The molecule has 0 amide bonds. The average molecular weight is 323 g/mol. The van der Waals surface area contributed by atoms with Gasteiger partial charge in [-0.2, -0.15) is 13.2 Å². The molecule has 1 aromatic carbocycles. The van der Waals surface area contributed by atoms with E-state index in [1.807, 2.05) is 12.5 Å². The zero-order valence-electron chi connectivity index (χ0n) is 12.8. The Morgan fingerprint density at radius 1 is 1.09 bits per heavy atom. The number of hydrogen-bond donors (Lipinski definition) is 0. The Labute approximate surface area is 133 Å². The number of alkyl halides is 3. The minimum Gasteiger partial charge on any atom is -0.337 e. The first-order valence-electron chi connectivity index (χ1n) is 7.85. The zero-order chi connectivity index (χ0) is 16.3. The van der Waals surface area contributed by atoms with Gasteiger partial charge in [0.1, 0.15) is 0 Å². The Hall–Kier alpha value is -1.82. The number of nitrogens with zero attached hydrogens (tertiary/aromatic N) is 3. The molecule has 3 rings (SSSR count). The van der Waals surface area contributed by atoms with E-state index in [9.17, 15) is 13.2 Å². The molecule has 23 heavy (non-hydrogen) atoms. The van der Waals surface area contributed by atoms with Crippen molar-refractivity contribution in [2.45, 2.75) is 32.1 Å². The van der Waals surface area contributed by atoms with Gasteiger partial charge in [0.05, 0.1) is 11.9 Å². The van der Waals surface area contributed by atoms with Crippen LogP contribution >= 0.6 is 0 Å². The molecular weight excluding hydrogens is 303 g/mol. The number of imidazole rings is 1. The molecule has 0 unspecified atom stereocenters. The predicted octanol–water partition coefficient (Wildman–Crippen LogP) is 3.81. The van der Waals surface area contributed by atoms with Crippen LogP contribution in [0.2, 0.25) is 0 Å². The van der Waals surface area contributed by atoms with Crippen LogP contribution in [0.3, 0.4) is 0 Å². The van der Waals surface area contributed by atoms with E-state index in [2.05, 4.69) is 14.5 Å². The van der Waals surface area contributed by atoms with E-state index < -0.39 is 11.7 Å². The molecule has 0 spiro atoms. The number of rotatable bonds is 4. The summed E-state index contributed by atoms with van der Waals surface area (Å²) in [6.45, 7) is 3.69. The molecule has 1 aromatic heterocycles. The topological polar surface area (TPSA) is 21.1 Å². The van der Waals surface area contributed by atoms with Crippen molar-refractivity contribution in [3.05, 3.63) is 54.1 Å². The van der Waals surface area contributed by atoms with Crippen molar-refractivity contribution in [1.82, 2.24) is 14.5 Å². The van der Waals surface area contributed by atoms with Crippen LogP contribution in [0.4, 0.5) is 13.2 Å². The predicted molar refractivity (Wildman–Crippen MR) is 81.7 cm³/mol. The largest absolute Gasteiger partial charge is 0.416 e. The summed E-state index contributed by atoms with van der Waals surface area (Å²) in [6.07, 6.45) is 3.57. The molecule has 1 fully saturated rings. The normalized spacial score (nSPS) is 17.5. The SMILES string of the molecule is FC(F)(F)c1ccc(CN2CCC(Cn3ccnc3)CC2)cc1. The second-order valence-electron chi connectivity index (χ2n) is 6.17. The zero-order valence-corrected chi connectivity index (χ0v) is 12.8.